The Hall–Kier alpha value is -5.42. The zero-order valence-electron chi connectivity index (χ0n) is 29.7. The van der Waals surface area contributed by atoms with Gasteiger partial charge in [-0.3, -0.25) is 38.8 Å². The fraction of sp³-hybridized carbons (Fsp3) is 0.562. The first-order valence-corrected chi connectivity index (χ1v) is 16.1. The number of primary amides is 1. The van der Waals surface area contributed by atoms with Crippen LogP contribution in [0.4, 0.5) is 0 Å². The van der Waals surface area contributed by atoms with Crippen LogP contribution in [0.3, 0.4) is 0 Å². The Kier molecular flexibility index (Phi) is 16.7. The number of nitrogens with zero attached hydrogens (tertiary/aromatic N) is 3. The van der Waals surface area contributed by atoms with E-state index in [1.165, 1.54) is 41.7 Å². The number of nitrogens with two attached hydrogens (primary N) is 5. The second-order valence-electron chi connectivity index (χ2n) is 12.9. The summed E-state index contributed by atoms with van der Waals surface area (Å²) in [5.74, 6) is -4.17. The van der Waals surface area contributed by atoms with Crippen LogP contribution in [0.2, 0.25) is 0 Å². The number of hydrogen-bond donors (Lipinski definition) is 9. The minimum atomic E-state index is -1.60. The van der Waals surface area contributed by atoms with Gasteiger partial charge in [-0.1, -0.05) is 30.3 Å². The van der Waals surface area contributed by atoms with E-state index in [2.05, 4.69) is 31.3 Å². The molecule has 1 rings (SSSR count). The fourth-order valence-corrected chi connectivity index (χ4v) is 4.97. The van der Waals surface area contributed by atoms with Crippen molar-refractivity contribution in [3.63, 3.8) is 0 Å². The lowest BCUT2D eigenvalue weighted by Crippen LogP contribution is -2.64. The van der Waals surface area contributed by atoms with Crippen LogP contribution in [0.5, 0.6) is 0 Å². The van der Waals surface area contributed by atoms with Crippen LogP contribution >= 0.6 is 0 Å². The molecule has 18 nitrogen and oxygen atoms in total. The summed E-state index contributed by atoms with van der Waals surface area (Å²) in [6.07, 6.45) is 0.863. The Morgan fingerprint density at radius 1 is 0.740 bits per heavy atom. The largest absolute Gasteiger partial charge is 0.370 e. The Morgan fingerprint density at radius 2 is 1.28 bits per heavy atom. The van der Waals surface area contributed by atoms with Gasteiger partial charge in [-0.05, 0) is 58.9 Å². The minimum Gasteiger partial charge on any atom is -0.370 e. The lowest BCUT2D eigenvalue weighted by molar-refractivity contribution is -0.146. The molecule has 6 amide bonds. The van der Waals surface area contributed by atoms with E-state index in [-0.39, 0.29) is 57.1 Å². The molecule has 0 unspecified atom stereocenters. The van der Waals surface area contributed by atoms with Gasteiger partial charge in [-0.15, -0.1) is 0 Å². The average Bonchev–Trinajstić information content (AvgIpc) is 3.00. The maximum absolute atomic E-state index is 14.0. The molecule has 278 valence electrons. The van der Waals surface area contributed by atoms with Gasteiger partial charge in [-0.25, -0.2) is 0 Å². The van der Waals surface area contributed by atoms with E-state index < -0.39 is 64.6 Å². The summed E-state index contributed by atoms with van der Waals surface area (Å²) >= 11 is 0. The molecule has 0 fully saturated rings. The molecule has 1 aromatic rings. The fourth-order valence-electron chi connectivity index (χ4n) is 4.97. The highest BCUT2D eigenvalue weighted by atomic mass is 16.2. The van der Waals surface area contributed by atoms with E-state index in [9.17, 15) is 28.8 Å². The number of carbonyl (C=O) groups excluding carboxylic acids is 6. The number of amides is 6. The molecule has 0 spiro atoms. The summed E-state index contributed by atoms with van der Waals surface area (Å²) in [4.78, 5) is 87.3. The molecule has 0 heterocycles. The molecule has 14 N–H and O–H groups in total. The standard InChI is InChI=1S/C32H54N12O6/c1-19(45)42-31(2,3)27(49)41-21(14-10-16-38-29(34)35)25(47)43-32(4,5)28(50)44(6)23(15-11-17-39-30(36)37)26(48)40-22(24(33)46)18-20-12-8-7-9-13-20/h7-9,12-13,21-23H,10-11,14-18H2,1-6H3,(H2,33,46)(H,40,48)(H,41,49)(H,42,45)(H,43,47)(H4,34,35,38)(H4,36,37,39)/t21-,22-,23-/m0/s1. The third-order valence-electron chi connectivity index (χ3n) is 7.56. The molecule has 0 aliphatic rings. The Bertz CT molecular complexity index is 1410. The summed E-state index contributed by atoms with van der Waals surface area (Å²) in [6.45, 7) is 7.41. The molecular formula is C32H54N12O6. The number of rotatable bonds is 20. The number of aliphatic imine (C=N–C) groups is 2. The quantitative estimate of drug-likeness (QED) is 0.0388. The number of nitrogens with one attached hydrogen (secondary N) is 4. The Balaban J connectivity index is 3.28. The highest BCUT2D eigenvalue weighted by molar-refractivity contribution is 5.98. The number of guanidine groups is 2. The van der Waals surface area contributed by atoms with Gasteiger partial charge in [0, 0.05) is 33.5 Å². The molecule has 3 atom stereocenters. The third-order valence-corrected chi connectivity index (χ3v) is 7.56. The number of hydrogen-bond acceptors (Lipinski definition) is 8. The Morgan fingerprint density at radius 3 is 1.78 bits per heavy atom. The van der Waals surface area contributed by atoms with Crippen molar-refractivity contribution < 1.29 is 28.8 Å². The summed E-state index contributed by atoms with van der Waals surface area (Å²) in [5.41, 5.74) is 25.1. The van der Waals surface area contributed by atoms with Crippen LogP contribution in [0.1, 0.15) is 65.9 Å². The smallest absolute Gasteiger partial charge is 0.248 e. The van der Waals surface area contributed by atoms with Gasteiger partial charge in [0.05, 0.1) is 0 Å². The third kappa shape index (κ3) is 14.8. The van der Waals surface area contributed by atoms with Crippen molar-refractivity contribution in [3.05, 3.63) is 35.9 Å². The van der Waals surface area contributed by atoms with Crippen LogP contribution in [0, 0.1) is 0 Å². The molecule has 0 aromatic heterocycles. The van der Waals surface area contributed by atoms with Crippen molar-refractivity contribution in [1.82, 2.24) is 26.2 Å². The lowest BCUT2D eigenvalue weighted by atomic mass is 9.98. The normalized spacial score (nSPS) is 13.0. The van der Waals surface area contributed by atoms with Gasteiger partial charge >= 0.3 is 0 Å². The molecular weight excluding hydrogens is 648 g/mol. The highest BCUT2D eigenvalue weighted by Gasteiger charge is 2.40. The Labute approximate surface area is 292 Å². The maximum atomic E-state index is 14.0. The number of carbonyl (C=O) groups is 6. The predicted molar refractivity (Wildman–Crippen MR) is 190 cm³/mol. The van der Waals surface area contributed by atoms with Gasteiger partial charge in [-0.2, -0.15) is 0 Å². The predicted octanol–water partition coefficient (Wildman–Crippen LogP) is -2.57. The monoisotopic (exact) mass is 702 g/mol. The maximum Gasteiger partial charge on any atom is 0.248 e. The summed E-state index contributed by atoms with van der Waals surface area (Å²) in [7, 11) is 1.39. The lowest BCUT2D eigenvalue weighted by Gasteiger charge is -2.36. The van der Waals surface area contributed by atoms with Crippen LogP contribution < -0.4 is 49.9 Å². The topological polar surface area (TPSA) is 309 Å². The summed E-state index contributed by atoms with van der Waals surface area (Å²) in [5, 5.41) is 10.5. The van der Waals surface area contributed by atoms with Crippen LogP contribution in [0.15, 0.2) is 40.3 Å². The molecule has 0 saturated carbocycles. The van der Waals surface area contributed by atoms with Gasteiger partial charge < -0.3 is 54.8 Å². The number of benzene rings is 1. The second kappa shape index (κ2) is 19.5. The molecule has 18 heteroatoms. The molecule has 0 aliphatic carbocycles. The van der Waals surface area contributed by atoms with Gasteiger partial charge in [0.25, 0.3) is 0 Å². The molecule has 1 aromatic carbocycles. The van der Waals surface area contributed by atoms with Crippen molar-refractivity contribution >= 4 is 47.4 Å². The van der Waals surface area contributed by atoms with Crippen molar-refractivity contribution in [2.24, 2.45) is 38.7 Å². The zero-order valence-corrected chi connectivity index (χ0v) is 29.7. The second-order valence-corrected chi connectivity index (χ2v) is 12.9. The first kappa shape index (κ1) is 42.6. The molecule has 0 bridgehead atoms. The first-order valence-electron chi connectivity index (χ1n) is 16.1. The van der Waals surface area contributed by atoms with E-state index in [0.29, 0.717) is 0 Å². The summed E-state index contributed by atoms with van der Waals surface area (Å²) < 4.78 is 0. The molecule has 0 radical (unpaired) electrons. The summed E-state index contributed by atoms with van der Waals surface area (Å²) in [6, 6.07) is 5.59. The van der Waals surface area contributed by atoms with Crippen LogP contribution in [-0.2, 0) is 35.2 Å². The van der Waals surface area contributed by atoms with Crippen LogP contribution in [-0.4, -0.2) is 102 Å². The van der Waals surface area contributed by atoms with Crippen LogP contribution in [0.25, 0.3) is 0 Å². The zero-order chi connectivity index (χ0) is 38.2. The van der Waals surface area contributed by atoms with E-state index in [0.717, 1.165) is 10.5 Å². The number of likely N-dealkylation sites (N-methyl/N-ethyl adjacent to an activating group) is 1. The van der Waals surface area contributed by atoms with Crippen molar-refractivity contribution in [3.8, 4) is 0 Å². The minimum absolute atomic E-state index is 0.0797. The van der Waals surface area contributed by atoms with Crippen molar-refractivity contribution in [2.45, 2.75) is 95.9 Å². The molecule has 0 aliphatic heterocycles. The SMILES string of the molecule is CC(=O)NC(C)(C)C(=O)N[C@@H](CCCN=C(N)N)C(=O)NC(C)(C)C(=O)N(C)[C@@H](CCCN=C(N)N)C(=O)N[C@@H](Cc1ccccc1)C(N)=O. The molecule has 50 heavy (non-hydrogen) atoms. The van der Waals surface area contributed by atoms with Gasteiger partial charge in [0.1, 0.15) is 29.2 Å². The van der Waals surface area contributed by atoms with Crippen molar-refractivity contribution in [1.29, 1.82) is 0 Å². The van der Waals surface area contributed by atoms with E-state index in [1.54, 1.807) is 24.3 Å². The van der Waals surface area contributed by atoms with E-state index in [4.69, 9.17) is 28.7 Å². The van der Waals surface area contributed by atoms with E-state index >= 15 is 0 Å². The van der Waals surface area contributed by atoms with E-state index in [1.807, 2.05) is 6.07 Å². The molecule has 0 saturated heterocycles. The van der Waals surface area contributed by atoms with Crippen molar-refractivity contribution in [2.75, 3.05) is 20.1 Å². The van der Waals surface area contributed by atoms with Gasteiger partial charge in [0.15, 0.2) is 11.9 Å². The first-order chi connectivity index (χ1) is 23.2. The highest BCUT2D eigenvalue weighted by Crippen LogP contribution is 2.16. The average molecular weight is 703 g/mol. The van der Waals surface area contributed by atoms with Gasteiger partial charge in [0.2, 0.25) is 35.4 Å².